The van der Waals surface area contributed by atoms with Gasteiger partial charge in [0.25, 0.3) is 0 Å². The third-order valence-electron chi connectivity index (χ3n) is 5.54. The molecule has 3 nitrogen and oxygen atoms in total. The SMILES string of the molecule is CC(C)C(O)Cc1c(O)c(Cc2ccccc2)cc(O)c1CCC1=CC=CC1. The molecule has 28 heavy (non-hydrogen) atoms. The Morgan fingerprint density at radius 2 is 1.75 bits per heavy atom. The van der Waals surface area contributed by atoms with E-state index in [0.717, 1.165) is 24.0 Å². The molecule has 3 rings (SSSR count). The summed E-state index contributed by atoms with van der Waals surface area (Å²) in [6.07, 6.45) is 9.04. The van der Waals surface area contributed by atoms with Crippen LogP contribution in [0.3, 0.4) is 0 Å². The molecule has 0 spiro atoms. The number of aromatic hydroxyl groups is 2. The minimum Gasteiger partial charge on any atom is -0.508 e. The second-order valence-electron chi connectivity index (χ2n) is 8.00. The summed E-state index contributed by atoms with van der Waals surface area (Å²) in [5.41, 5.74) is 4.52. The Morgan fingerprint density at radius 1 is 1.00 bits per heavy atom. The maximum atomic E-state index is 11.0. The van der Waals surface area contributed by atoms with Crippen molar-refractivity contribution in [3.63, 3.8) is 0 Å². The molecule has 0 bridgehead atoms. The van der Waals surface area contributed by atoms with Gasteiger partial charge in [0, 0.05) is 29.5 Å². The lowest BCUT2D eigenvalue weighted by molar-refractivity contribution is 0.124. The number of phenols is 2. The summed E-state index contributed by atoms with van der Waals surface area (Å²) in [5, 5.41) is 32.3. The van der Waals surface area contributed by atoms with E-state index >= 15 is 0 Å². The third-order valence-corrected chi connectivity index (χ3v) is 5.54. The van der Waals surface area contributed by atoms with E-state index in [-0.39, 0.29) is 17.4 Å². The van der Waals surface area contributed by atoms with Crippen LogP contribution in [0.2, 0.25) is 0 Å². The predicted octanol–water partition coefficient (Wildman–Crippen LogP) is 5.07. The fourth-order valence-electron chi connectivity index (χ4n) is 3.67. The van der Waals surface area contributed by atoms with Crippen LogP contribution in [0.15, 0.2) is 60.2 Å². The zero-order chi connectivity index (χ0) is 20.1. The van der Waals surface area contributed by atoms with E-state index in [1.165, 1.54) is 5.57 Å². The molecule has 0 saturated heterocycles. The molecule has 1 unspecified atom stereocenters. The first kappa shape index (κ1) is 20.2. The smallest absolute Gasteiger partial charge is 0.122 e. The summed E-state index contributed by atoms with van der Waals surface area (Å²) in [5.74, 6) is 0.491. The molecule has 2 aromatic rings. The van der Waals surface area contributed by atoms with Gasteiger partial charge in [0.05, 0.1) is 6.10 Å². The van der Waals surface area contributed by atoms with Gasteiger partial charge in [-0.3, -0.25) is 0 Å². The summed E-state index contributed by atoms with van der Waals surface area (Å²) in [6, 6.07) is 11.6. The van der Waals surface area contributed by atoms with Crippen molar-refractivity contribution in [3.8, 4) is 11.5 Å². The molecule has 1 aliphatic rings. The van der Waals surface area contributed by atoms with E-state index < -0.39 is 6.10 Å². The van der Waals surface area contributed by atoms with E-state index in [4.69, 9.17) is 0 Å². The minimum absolute atomic E-state index is 0.0777. The number of hydrogen-bond donors (Lipinski definition) is 3. The standard InChI is InChI=1S/C25H30O3/c1-17(2)23(26)16-22-21(13-12-18-8-6-7-9-18)24(27)15-20(25(22)28)14-19-10-4-3-5-11-19/h3-8,10-11,15,17,23,26-28H,9,12-14,16H2,1-2H3. The number of benzene rings is 2. The van der Waals surface area contributed by atoms with Crippen LogP contribution in [-0.4, -0.2) is 21.4 Å². The number of aliphatic hydroxyl groups excluding tert-OH is 1. The summed E-state index contributed by atoms with van der Waals surface area (Å²) in [6.45, 7) is 3.92. The number of hydrogen-bond acceptors (Lipinski definition) is 3. The molecule has 0 fully saturated rings. The summed E-state index contributed by atoms with van der Waals surface area (Å²) in [4.78, 5) is 0. The van der Waals surface area contributed by atoms with E-state index in [0.29, 0.717) is 30.4 Å². The molecule has 148 valence electrons. The van der Waals surface area contributed by atoms with E-state index in [1.54, 1.807) is 6.07 Å². The van der Waals surface area contributed by atoms with Crippen LogP contribution < -0.4 is 0 Å². The van der Waals surface area contributed by atoms with Crippen molar-refractivity contribution in [1.82, 2.24) is 0 Å². The van der Waals surface area contributed by atoms with Gasteiger partial charge in [0.2, 0.25) is 0 Å². The average molecular weight is 379 g/mol. The van der Waals surface area contributed by atoms with E-state index in [1.807, 2.05) is 44.2 Å². The minimum atomic E-state index is -0.566. The zero-order valence-corrected chi connectivity index (χ0v) is 16.7. The van der Waals surface area contributed by atoms with Gasteiger partial charge in [0.15, 0.2) is 0 Å². The molecule has 0 saturated carbocycles. The van der Waals surface area contributed by atoms with Crippen molar-refractivity contribution in [3.05, 3.63) is 82.5 Å². The summed E-state index contributed by atoms with van der Waals surface area (Å²) < 4.78 is 0. The van der Waals surface area contributed by atoms with Crippen molar-refractivity contribution in [2.45, 2.75) is 52.1 Å². The van der Waals surface area contributed by atoms with Gasteiger partial charge in [-0.1, -0.05) is 68.0 Å². The molecular weight excluding hydrogens is 348 g/mol. The van der Waals surface area contributed by atoms with Gasteiger partial charge in [-0.05, 0) is 36.8 Å². The van der Waals surface area contributed by atoms with E-state index in [2.05, 4.69) is 18.2 Å². The topological polar surface area (TPSA) is 60.7 Å². The number of rotatable bonds is 8. The highest BCUT2D eigenvalue weighted by molar-refractivity contribution is 5.54. The van der Waals surface area contributed by atoms with Crippen LogP contribution in [0.25, 0.3) is 0 Å². The second kappa shape index (κ2) is 9.11. The highest BCUT2D eigenvalue weighted by Gasteiger charge is 2.22. The molecular formula is C25H30O3. The molecule has 0 radical (unpaired) electrons. The van der Waals surface area contributed by atoms with Gasteiger partial charge in [-0.25, -0.2) is 0 Å². The Labute approximate surface area is 167 Å². The van der Waals surface area contributed by atoms with Gasteiger partial charge in [-0.15, -0.1) is 0 Å². The Balaban J connectivity index is 1.93. The normalized spacial score (nSPS) is 14.5. The highest BCUT2D eigenvalue weighted by atomic mass is 16.3. The lowest BCUT2D eigenvalue weighted by Gasteiger charge is -2.21. The van der Waals surface area contributed by atoms with Crippen LogP contribution in [0.1, 0.15) is 48.9 Å². The molecule has 0 amide bonds. The maximum Gasteiger partial charge on any atom is 0.122 e. The number of aliphatic hydroxyl groups is 1. The number of phenolic OH excluding ortho intramolecular Hbond substituents is 2. The Hall–Kier alpha value is -2.52. The first-order valence-electron chi connectivity index (χ1n) is 10.1. The van der Waals surface area contributed by atoms with Gasteiger partial charge in [-0.2, -0.15) is 0 Å². The molecule has 0 aromatic heterocycles. The molecule has 1 aliphatic carbocycles. The number of allylic oxidation sites excluding steroid dienone is 4. The van der Waals surface area contributed by atoms with Crippen LogP contribution >= 0.6 is 0 Å². The van der Waals surface area contributed by atoms with Gasteiger partial charge in [0.1, 0.15) is 11.5 Å². The summed E-state index contributed by atoms with van der Waals surface area (Å²) in [7, 11) is 0. The van der Waals surface area contributed by atoms with Crippen molar-refractivity contribution in [2.75, 3.05) is 0 Å². The highest BCUT2D eigenvalue weighted by Crippen LogP contribution is 2.37. The first-order valence-corrected chi connectivity index (χ1v) is 10.1. The molecule has 3 N–H and O–H groups in total. The van der Waals surface area contributed by atoms with Gasteiger partial charge < -0.3 is 15.3 Å². The van der Waals surface area contributed by atoms with Crippen LogP contribution in [-0.2, 0) is 19.3 Å². The molecule has 1 atom stereocenters. The molecule has 2 aromatic carbocycles. The van der Waals surface area contributed by atoms with Crippen LogP contribution in [0.5, 0.6) is 11.5 Å². The molecule has 0 heterocycles. The third kappa shape index (κ3) is 4.85. The van der Waals surface area contributed by atoms with Crippen molar-refractivity contribution in [2.24, 2.45) is 5.92 Å². The molecule has 0 aliphatic heterocycles. The largest absolute Gasteiger partial charge is 0.508 e. The van der Waals surface area contributed by atoms with Crippen molar-refractivity contribution in [1.29, 1.82) is 0 Å². The monoisotopic (exact) mass is 378 g/mol. The average Bonchev–Trinajstić information content (AvgIpc) is 3.19. The van der Waals surface area contributed by atoms with Crippen molar-refractivity contribution >= 4 is 0 Å². The van der Waals surface area contributed by atoms with Crippen LogP contribution in [0, 0.1) is 5.92 Å². The second-order valence-corrected chi connectivity index (χ2v) is 8.00. The fraction of sp³-hybridized carbons (Fsp3) is 0.360. The van der Waals surface area contributed by atoms with Crippen molar-refractivity contribution < 1.29 is 15.3 Å². The Morgan fingerprint density at radius 3 is 2.39 bits per heavy atom. The Kier molecular flexibility index (Phi) is 6.58. The van der Waals surface area contributed by atoms with Gasteiger partial charge >= 0.3 is 0 Å². The fourth-order valence-corrected chi connectivity index (χ4v) is 3.67. The quantitative estimate of drug-likeness (QED) is 0.562. The predicted molar refractivity (Wildman–Crippen MR) is 114 cm³/mol. The Bertz CT molecular complexity index is 863. The lowest BCUT2D eigenvalue weighted by atomic mass is 9.88. The van der Waals surface area contributed by atoms with Crippen LogP contribution in [0.4, 0.5) is 0 Å². The zero-order valence-electron chi connectivity index (χ0n) is 16.7. The first-order chi connectivity index (χ1) is 13.5. The maximum absolute atomic E-state index is 11.0. The van der Waals surface area contributed by atoms with E-state index in [9.17, 15) is 15.3 Å². The summed E-state index contributed by atoms with van der Waals surface area (Å²) >= 11 is 0. The lowest BCUT2D eigenvalue weighted by Crippen LogP contribution is -2.19. The molecule has 3 heteroatoms.